The molecule has 4 rings (SSSR count). The number of carbonyl (C=O) groups excluding carboxylic acids is 2. The summed E-state index contributed by atoms with van der Waals surface area (Å²) < 4.78 is 12.3. The van der Waals surface area contributed by atoms with Crippen LogP contribution in [0.2, 0.25) is 0 Å². The van der Waals surface area contributed by atoms with Crippen molar-refractivity contribution in [3.05, 3.63) is 34.7 Å². The van der Waals surface area contributed by atoms with Gasteiger partial charge in [0.05, 0.1) is 23.2 Å². The minimum absolute atomic E-state index is 0.0532. The van der Waals surface area contributed by atoms with E-state index in [-0.39, 0.29) is 24.0 Å². The molecular weight excluding hydrogens is 468 g/mol. The molecule has 1 saturated carbocycles. The van der Waals surface area contributed by atoms with Gasteiger partial charge in [-0.1, -0.05) is 42.5 Å². The summed E-state index contributed by atoms with van der Waals surface area (Å²) in [6, 6.07) is 7.90. The minimum Gasteiger partial charge on any atom is -0.490 e. The third-order valence-electron chi connectivity index (χ3n) is 6.45. The van der Waals surface area contributed by atoms with E-state index >= 15 is 0 Å². The first-order valence-electron chi connectivity index (χ1n) is 12.3. The van der Waals surface area contributed by atoms with Crippen molar-refractivity contribution < 1.29 is 19.1 Å². The maximum absolute atomic E-state index is 12.9. The largest absolute Gasteiger partial charge is 0.490 e. The number of benzene rings is 1. The van der Waals surface area contributed by atoms with Gasteiger partial charge in [0.2, 0.25) is 5.91 Å². The number of hydrogen-bond donors (Lipinski definition) is 0. The van der Waals surface area contributed by atoms with Crippen LogP contribution in [0.4, 0.5) is 0 Å². The van der Waals surface area contributed by atoms with Crippen molar-refractivity contribution in [1.82, 2.24) is 9.80 Å². The molecule has 0 bridgehead atoms. The van der Waals surface area contributed by atoms with Crippen molar-refractivity contribution in [3.63, 3.8) is 0 Å². The Morgan fingerprint density at radius 1 is 1.15 bits per heavy atom. The Labute approximate surface area is 212 Å². The molecule has 1 aliphatic carbocycles. The van der Waals surface area contributed by atoms with Gasteiger partial charge >= 0.3 is 0 Å². The smallest absolute Gasteiger partial charge is 0.266 e. The lowest BCUT2D eigenvalue weighted by Gasteiger charge is -2.35. The van der Waals surface area contributed by atoms with Gasteiger partial charge in [0, 0.05) is 26.1 Å². The molecule has 2 amide bonds. The third kappa shape index (κ3) is 6.61. The topological polar surface area (TPSA) is 59.1 Å². The number of carbonyl (C=O) groups is 2. The molecule has 6 nitrogen and oxygen atoms in total. The number of hydrogen-bond acceptors (Lipinski definition) is 6. The van der Waals surface area contributed by atoms with Crippen molar-refractivity contribution >= 4 is 46.2 Å². The van der Waals surface area contributed by atoms with Gasteiger partial charge in [-0.05, 0) is 69.7 Å². The fourth-order valence-corrected chi connectivity index (χ4v) is 6.10. The second-order valence-corrected chi connectivity index (χ2v) is 11.1. The normalized spacial score (nSPS) is 25.3. The number of ether oxygens (including phenoxy) is 2. The molecule has 0 aromatic heterocycles. The third-order valence-corrected chi connectivity index (χ3v) is 7.83. The predicted molar refractivity (Wildman–Crippen MR) is 140 cm³/mol. The van der Waals surface area contributed by atoms with E-state index in [0.717, 1.165) is 24.2 Å². The first kappa shape index (κ1) is 25.2. The van der Waals surface area contributed by atoms with E-state index in [1.807, 2.05) is 49.1 Å². The number of thioether (sulfide) groups is 1. The average molecular weight is 503 g/mol. The highest BCUT2D eigenvalue weighted by Crippen LogP contribution is 2.33. The van der Waals surface area contributed by atoms with E-state index in [1.165, 1.54) is 31.0 Å². The van der Waals surface area contributed by atoms with Crippen LogP contribution in [-0.2, 0) is 14.3 Å². The Morgan fingerprint density at radius 2 is 1.82 bits per heavy atom. The summed E-state index contributed by atoms with van der Waals surface area (Å²) >= 11 is 6.78. The molecule has 2 atom stereocenters. The Kier molecular flexibility index (Phi) is 8.66. The van der Waals surface area contributed by atoms with Gasteiger partial charge in [-0.15, -0.1) is 0 Å². The Bertz CT molecular complexity index is 917. The van der Waals surface area contributed by atoms with Crippen molar-refractivity contribution in [3.8, 4) is 5.75 Å². The first-order chi connectivity index (χ1) is 16.4. The molecule has 2 saturated heterocycles. The Balaban J connectivity index is 1.27. The van der Waals surface area contributed by atoms with Crippen LogP contribution < -0.4 is 4.74 Å². The summed E-state index contributed by atoms with van der Waals surface area (Å²) in [6.45, 7) is 5.67. The molecule has 34 heavy (non-hydrogen) atoms. The van der Waals surface area contributed by atoms with E-state index in [2.05, 4.69) is 0 Å². The highest BCUT2D eigenvalue weighted by atomic mass is 32.2. The van der Waals surface area contributed by atoms with Crippen LogP contribution in [0.3, 0.4) is 0 Å². The van der Waals surface area contributed by atoms with Crippen molar-refractivity contribution in [2.45, 2.75) is 77.1 Å². The van der Waals surface area contributed by atoms with Gasteiger partial charge in [0.1, 0.15) is 10.1 Å². The second kappa shape index (κ2) is 11.7. The fraction of sp³-hybridized carbons (Fsp3) is 0.577. The van der Waals surface area contributed by atoms with Crippen LogP contribution in [0.15, 0.2) is 29.2 Å². The molecule has 2 aliphatic heterocycles. The zero-order chi connectivity index (χ0) is 24.1. The lowest BCUT2D eigenvalue weighted by atomic mass is 9.98. The minimum atomic E-state index is -0.0846. The Hall–Kier alpha value is -1.90. The predicted octanol–water partition coefficient (Wildman–Crippen LogP) is 5.02. The molecular formula is C26H34N2O4S2. The maximum Gasteiger partial charge on any atom is 0.266 e. The number of rotatable bonds is 7. The molecule has 3 fully saturated rings. The van der Waals surface area contributed by atoms with Crippen molar-refractivity contribution in [2.24, 2.45) is 0 Å². The summed E-state index contributed by atoms with van der Waals surface area (Å²) in [5.41, 5.74) is 0.947. The average Bonchev–Trinajstić information content (AvgIpc) is 3.07. The molecule has 184 valence electrons. The summed E-state index contributed by atoms with van der Waals surface area (Å²) in [6.07, 6.45) is 9.33. The molecule has 8 heteroatoms. The standard InChI is InChI=1S/C26H34N2O4S2/c1-18-16-27(17-19(2)31-18)24(29)9-6-14-28-25(30)23(34-26(28)33)15-20-10-12-22(13-11-20)32-21-7-4-3-5-8-21/h10-13,15,18-19,21H,3-9,14,16-17H2,1-2H3/b23-15-. The van der Waals surface area contributed by atoms with Crippen molar-refractivity contribution in [1.29, 1.82) is 0 Å². The lowest BCUT2D eigenvalue weighted by Crippen LogP contribution is -2.48. The van der Waals surface area contributed by atoms with Gasteiger partial charge in [-0.3, -0.25) is 14.5 Å². The molecule has 2 unspecified atom stereocenters. The van der Waals surface area contributed by atoms with Crippen LogP contribution in [-0.4, -0.2) is 63.9 Å². The summed E-state index contributed by atoms with van der Waals surface area (Å²) in [7, 11) is 0. The first-order valence-corrected chi connectivity index (χ1v) is 13.6. The van der Waals surface area contributed by atoms with Crippen LogP contribution in [0.1, 0.15) is 64.4 Å². The van der Waals surface area contributed by atoms with E-state index < -0.39 is 0 Å². The quantitative estimate of drug-likeness (QED) is 0.386. The SMILES string of the molecule is CC1CN(C(=O)CCCN2C(=O)/C(=C/c3ccc(OC4CCCCC4)cc3)SC2=S)CC(C)O1. The van der Waals surface area contributed by atoms with Gasteiger partial charge in [0.15, 0.2) is 0 Å². The highest BCUT2D eigenvalue weighted by molar-refractivity contribution is 8.26. The monoisotopic (exact) mass is 502 g/mol. The molecule has 1 aromatic rings. The molecule has 3 aliphatic rings. The summed E-state index contributed by atoms with van der Waals surface area (Å²) in [4.78, 5) is 29.6. The van der Waals surface area contributed by atoms with E-state index in [0.29, 0.717) is 47.8 Å². The number of amides is 2. The van der Waals surface area contributed by atoms with Crippen LogP contribution in [0.5, 0.6) is 5.75 Å². The molecule has 0 N–H and O–H groups in total. The van der Waals surface area contributed by atoms with Gasteiger partial charge in [0.25, 0.3) is 5.91 Å². The Morgan fingerprint density at radius 3 is 2.50 bits per heavy atom. The summed E-state index contributed by atoms with van der Waals surface area (Å²) in [5, 5.41) is 0. The number of thiocarbonyl (C=S) groups is 1. The lowest BCUT2D eigenvalue weighted by molar-refractivity contribution is -0.143. The zero-order valence-corrected chi connectivity index (χ0v) is 21.7. The van der Waals surface area contributed by atoms with Crippen LogP contribution in [0.25, 0.3) is 6.08 Å². The van der Waals surface area contributed by atoms with E-state index in [1.54, 1.807) is 4.90 Å². The molecule has 2 heterocycles. The van der Waals surface area contributed by atoms with E-state index in [4.69, 9.17) is 21.7 Å². The summed E-state index contributed by atoms with van der Waals surface area (Å²) in [5.74, 6) is 0.905. The highest BCUT2D eigenvalue weighted by Gasteiger charge is 2.32. The molecule has 0 spiro atoms. The van der Waals surface area contributed by atoms with Crippen LogP contribution >= 0.6 is 24.0 Å². The van der Waals surface area contributed by atoms with Gasteiger partial charge < -0.3 is 14.4 Å². The number of morpholine rings is 1. The molecule has 0 radical (unpaired) electrons. The maximum atomic E-state index is 12.9. The van der Waals surface area contributed by atoms with Gasteiger partial charge in [-0.25, -0.2) is 0 Å². The zero-order valence-electron chi connectivity index (χ0n) is 20.0. The van der Waals surface area contributed by atoms with E-state index in [9.17, 15) is 9.59 Å². The molecule has 1 aromatic carbocycles. The van der Waals surface area contributed by atoms with Gasteiger partial charge in [-0.2, -0.15) is 0 Å². The second-order valence-electron chi connectivity index (χ2n) is 9.44. The fourth-order valence-electron chi connectivity index (χ4n) is 4.79. The van der Waals surface area contributed by atoms with Crippen LogP contribution in [0, 0.1) is 0 Å². The number of nitrogens with zero attached hydrogens (tertiary/aromatic N) is 2. The van der Waals surface area contributed by atoms with Crippen molar-refractivity contribution in [2.75, 3.05) is 19.6 Å².